The summed E-state index contributed by atoms with van der Waals surface area (Å²) >= 11 is 0. The largest absolute Gasteiger partial charge is 0.867 e. The molecule has 0 saturated carbocycles. The zero-order valence-corrected chi connectivity index (χ0v) is 12.9. The van der Waals surface area contributed by atoms with Crippen molar-refractivity contribution in [2.24, 2.45) is 4.99 Å². The first-order chi connectivity index (χ1) is 11.5. The second kappa shape index (κ2) is 5.99. The number of aryl methyl sites for hydroxylation is 1. The molecule has 1 aromatic heterocycles. The lowest BCUT2D eigenvalue weighted by molar-refractivity contribution is -0.398. The van der Waals surface area contributed by atoms with Crippen molar-refractivity contribution < 1.29 is 14.8 Å². The van der Waals surface area contributed by atoms with Gasteiger partial charge in [0.15, 0.2) is 0 Å². The van der Waals surface area contributed by atoms with E-state index in [0.29, 0.717) is 5.69 Å². The third kappa shape index (κ3) is 2.89. The molecule has 1 N–H and O–H groups in total. The van der Waals surface area contributed by atoms with Gasteiger partial charge >= 0.3 is 0 Å². The van der Waals surface area contributed by atoms with E-state index < -0.39 is 16.4 Å². The van der Waals surface area contributed by atoms with Crippen LogP contribution in [-0.4, -0.2) is 28.2 Å². The zero-order chi connectivity index (χ0) is 17.3. The van der Waals surface area contributed by atoms with Crippen molar-refractivity contribution in [2.75, 3.05) is 7.11 Å². The number of H-pyrrole nitrogens is 1. The summed E-state index contributed by atoms with van der Waals surface area (Å²) in [5.41, 5.74) is 1.77. The number of aromatic amines is 1. The van der Waals surface area contributed by atoms with Gasteiger partial charge in [0.05, 0.1) is 34.8 Å². The van der Waals surface area contributed by atoms with Crippen LogP contribution in [0.3, 0.4) is 0 Å². The van der Waals surface area contributed by atoms with Gasteiger partial charge in [0.2, 0.25) is 0 Å². The van der Waals surface area contributed by atoms with Crippen molar-refractivity contribution in [3.8, 4) is 11.5 Å². The number of hydrogen-bond donors (Lipinski definition) is 1. The Morgan fingerprint density at radius 2 is 2.12 bits per heavy atom. The molecule has 0 spiro atoms. The highest BCUT2D eigenvalue weighted by Gasteiger charge is 2.12. The molecule has 0 aliphatic rings. The Bertz CT molecular complexity index is 962. The number of methoxy groups -OCH3 is 1. The molecule has 0 atom stereocenters. The fourth-order valence-electron chi connectivity index (χ4n) is 2.31. The van der Waals surface area contributed by atoms with E-state index in [2.05, 4.69) is 15.0 Å². The van der Waals surface area contributed by atoms with Crippen molar-refractivity contribution in [1.82, 2.24) is 9.97 Å². The van der Waals surface area contributed by atoms with E-state index >= 15 is 0 Å². The predicted octanol–water partition coefficient (Wildman–Crippen LogP) is 2.61. The van der Waals surface area contributed by atoms with Crippen LogP contribution in [0, 0.1) is 17.0 Å². The molecule has 0 radical (unpaired) electrons. The lowest BCUT2D eigenvalue weighted by Gasteiger charge is -2.12. The number of nitrogens with zero attached hydrogens (tertiary/aromatic N) is 3. The van der Waals surface area contributed by atoms with Crippen LogP contribution in [-0.2, 0) is 0 Å². The average Bonchev–Trinajstić information content (AvgIpc) is 2.92. The maximum atomic E-state index is 12.1. The van der Waals surface area contributed by atoms with Crippen LogP contribution in [0.5, 0.6) is 11.5 Å². The Kier molecular flexibility index (Phi) is 3.87. The molecule has 0 saturated heterocycles. The van der Waals surface area contributed by atoms with Gasteiger partial charge in [-0.1, -0.05) is 0 Å². The number of ether oxygens (including phenoxy) is 1. The highest BCUT2D eigenvalue weighted by Crippen LogP contribution is 2.31. The maximum Gasteiger partial charge on any atom is 0.266 e. The minimum absolute atomic E-state index is 0.0851. The molecule has 3 aromatic rings. The molecule has 3 rings (SSSR count). The number of nitro benzene ring substituents is 1. The van der Waals surface area contributed by atoms with E-state index in [9.17, 15) is 15.2 Å². The van der Waals surface area contributed by atoms with Crippen LogP contribution < -0.4 is 9.84 Å². The summed E-state index contributed by atoms with van der Waals surface area (Å²) in [6.07, 6.45) is 1.29. The molecule has 1 heterocycles. The first-order valence-corrected chi connectivity index (χ1v) is 7.02. The molecule has 24 heavy (non-hydrogen) atoms. The number of fused-ring (bicyclic) bond motifs is 1. The fourth-order valence-corrected chi connectivity index (χ4v) is 2.31. The molecule has 2 aromatic carbocycles. The van der Waals surface area contributed by atoms with Crippen LogP contribution in [0.1, 0.15) is 11.4 Å². The summed E-state index contributed by atoms with van der Waals surface area (Å²) in [5.74, 6) is 0.307. The van der Waals surface area contributed by atoms with Gasteiger partial charge in [0.25, 0.3) is 5.69 Å². The summed E-state index contributed by atoms with van der Waals surface area (Å²) in [6, 6.07) is 7.84. The van der Waals surface area contributed by atoms with Gasteiger partial charge < -0.3 is 14.8 Å². The zero-order valence-electron chi connectivity index (χ0n) is 12.9. The smallest absolute Gasteiger partial charge is 0.266 e. The number of rotatable bonds is 4. The lowest BCUT2D eigenvalue weighted by Crippen LogP contribution is -2.03. The Labute approximate surface area is 136 Å². The Morgan fingerprint density at radius 1 is 1.33 bits per heavy atom. The molecule has 0 aliphatic heterocycles. The number of imidazole rings is 1. The van der Waals surface area contributed by atoms with Gasteiger partial charge in [-0.25, -0.2) is 4.98 Å². The van der Waals surface area contributed by atoms with Crippen molar-refractivity contribution >= 4 is 28.6 Å². The van der Waals surface area contributed by atoms with Crippen molar-refractivity contribution in [1.29, 1.82) is 0 Å². The van der Waals surface area contributed by atoms with E-state index in [4.69, 9.17) is 4.74 Å². The molecule has 0 bridgehead atoms. The third-order valence-corrected chi connectivity index (χ3v) is 3.44. The van der Waals surface area contributed by atoms with Gasteiger partial charge in [0, 0.05) is 6.21 Å². The maximum absolute atomic E-state index is 12.1. The van der Waals surface area contributed by atoms with E-state index in [0.717, 1.165) is 22.9 Å². The lowest BCUT2D eigenvalue weighted by atomic mass is 10.1. The molecule has 8 heteroatoms. The van der Waals surface area contributed by atoms with Crippen LogP contribution in [0.4, 0.5) is 11.4 Å². The molecule has 122 valence electrons. The third-order valence-electron chi connectivity index (χ3n) is 3.44. The van der Waals surface area contributed by atoms with E-state index in [-0.39, 0.29) is 11.3 Å². The summed E-state index contributed by atoms with van der Waals surface area (Å²) in [7, 11) is 1.37. The minimum atomic E-state index is -0.734. The molecule has 0 amide bonds. The predicted molar refractivity (Wildman–Crippen MR) is 87.2 cm³/mol. The van der Waals surface area contributed by atoms with E-state index in [1.807, 2.05) is 6.92 Å². The molecule has 0 aliphatic carbocycles. The van der Waals surface area contributed by atoms with Crippen LogP contribution in [0.25, 0.3) is 11.0 Å². The van der Waals surface area contributed by atoms with E-state index in [1.54, 1.807) is 18.2 Å². The minimum Gasteiger partial charge on any atom is -0.867 e. The van der Waals surface area contributed by atoms with Crippen molar-refractivity contribution in [3.63, 3.8) is 0 Å². The molecule has 0 fully saturated rings. The molecular formula is C16H13N4O4-. The van der Waals surface area contributed by atoms with Crippen LogP contribution in [0.2, 0.25) is 0 Å². The first-order valence-electron chi connectivity index (χ1n) is 7.02. The monoisotopic (exact) mass is 325 g/mol. The molecule has 8 nitrogen and oxygen atoms in total. The van der Waals surface area contributed by atoms with Gasteiger partial charge in [-0.15, -0.1) is 0 Å². The highest BCUT2D eigenvalue weighted by molar-refractivity contribution is 5.89. The van der Waals surface area contributed by atoms with Gasteiger partial charge in [-0.05, 0) is 42.5 Å². The summed E-state index contributed by atoms with van der Waals surface area (Å²) < 4.78 is 4.99. The molecule has 0 unspecified atom stereocenters. The second-order valence-corrected chi connectivity index (χ2v) is 5.10. The van der Waals surface area contributed by atoms with Crippen LogP contribution >= 0.6 is 0 Å². The van der Waals surface area contributed by atoms with Crippen molar-refractivity contribution in [2.45, 2.75) is 6.92 Å². The Balaban J connectivity index is 2.00. The standard InChI is InChI=1S/C16H14N4O4/c1-9-18-13-4-3-11(6-14(13)19-9)17-8-10-5-12(24-2)7-15(16(10)21)20(22)23/h3-8,21H,1-2H3,(H,18,19)/p-1. The number of benzene rings is 2. The number of nitrogens with one attached hydrogen (secondary N) is 1. The second-order valence-electron chi connectivity index (χ2n) is 5.10. The fraction of sp³-hybridized carbons (Fsp3) is 0.125. The van der Waals surface area contributed by atoms with E-state index in [1.165, 1.54) is 19.4 Å². The number of aromatic nitrogens is 2. The Morgan fingerprint density at radius 3 is 2.83 bits per heavy atom. The molecular weight excluding hydrogens is 312 g/mol. The first kappa shape index (κ1) is 15.5. The van der Waals surface area contributed by atoms with Gasteiger partial charge in [-0.3, -0.25) is 15.1 Å². The average molecular weight is 325 g/mol. The summed E-state index contributed by atoms with van der Waals surface area (Å²) in [4.78, 5) is 21.8. The quantitative estimate of drug-likeness (QED) is 0.449. The number of aliphatic imine (C=N–C) groups is 1. The van der Waals surface area contributed by atoms with Crippen molar-refractivity contribution in [3.05, 3.63) is 51.8 Å². The number of nitro groups is 1. The summed E-state index contributed by atoms with van der Waals surface area (Å²) in [6.45, 7) is 1.85. The van der Waals surface area contributed by atoms with Gasteiger partial charge in [-0.2, -0.15) is 0 Å². The highest BCUT2D eigenvalue weighted by atomic mass is 16.6. The number of hydrogen-bond acceptors (Lipinski definition) is 6. The SMILES string of the molecule is COc1cc(C=Nc2ccc3nc(C)[nH]c3c2)c([O-])c([N+](=O)[O-])c1. The van der Waals surface area contributed by atoms with Crippen LogP contribution in [0.15, 0.2) is 35.3 Å². The van der Waals surface area contributed by atoms with Gasteiger partial charge in [0.1, 0.15) is 11.6 Å². The summed E-state index contributed by atoms with van der Waals surface area (Å²) in [5, 5.41) is 23.1. The Hall–Kier alpha value is -3.42. The normalized spacial score (nSPS) is 11.2. The topological polar surface area (TPSA) is 116 Å².